The lowest BCUT2D eigenvalue weighted by molar-refractivity contribution is -0.125. The summed E-state index contributed by atoms with van der Waals surface area (Å²) < 4.78 is 5.90. The zero-order valence-electron chi connectivity index (χ0n) is 14.7. The van der Waals surface area contributed by atoms with Gasteiger partial charge in [-0.15, -0.1) is 0 Å². The Hall–Kier alpha value is -2.13. The van der Waals surface area contributed by atoms with Gasteiger partial charge in [0.2, 0.25) is 5.91 Å². The first-order chi connectivity index (χ1) is 12.2. The smallest absolute Gasteiger partial charge is 0.223 e. The van der Waals surface area contributed by atoms with Crippen LogP contribution in [-0.4, -0.2) is 12.5 Å². The molecule has 1 saturated carbocycles. The first-order valence-electron chi connectivity index (χ1n) is 9.26. The van der Waals surface area contributed by atoms with Gasteiger partial charge < -0.3 is 10.1 Å². The molecule has 1 amide bonds. The van der Waals surface area contributed by atoms with Crippen LogP contribution in [0.1, 0.15) is 48.6 Å². The predicted molar refractivity (Wildman–Crippen MR) is 98.1 cm³/mol. The van der Waals surface area contributed by atoms with E-state index in [-0.39, 0.29) is 18.1 Å². The van der Waals surface area contributed by atoms with Crippen molar-refractivity contribution in [1.29, 1.82) is 0 Å². The fourth-order valence-corrected chi connectivity index (χ4v) is 3.96. The zero-order chi connectivity index (χ0) is 17.2. The van der Waals surface area contributed by atoms with Gasteiger partial charge in [0.25, 0.3) is 0 Å². The molecule has 2 aliphatic rings. The number of hydrogen-bond donors (Lipinski definition) is 1. The number of rotatable bonds is 5. The fraction of sp³-hybridized carbons (Fsp3) is 0.409. The first-order valence-corrected chi connectivity index (χ1v) is 9.26. The normalized spacial score (nSPS) is 25.7. The lowest BCUT2D eigenvalue weighted by Gasteiger charge is -2.27. The molecule has 0 aromatic heterocycles. The third-order valence-corrected chi connectivity index (χ3v) is 5.54. The molecule has 1 aliphatic carbocycles. The van der Waals surface area contributed by atoms with Gasteiger partial charge in [0.05, 0.1) is 25.2 Å². The average Bonchev–Trinajstić information content (AvgIpc) is 3.37. The van der Waals surface area contributed by atoms with Crippen LogP contribution in [0.5, 0.6) is 0 Å². The van der Waals surface area contributed by atoms with E-state index in [2.05, 4.69) is 42.6 Å². The summed E-state index contributed by atoms with van der Waals surface area (Å²) >= 11 is 0. The van der Waals surface area contributed by atoms with E-state index >= 15 is 0 Å². The molecule has 1 aliphatic heterocycles. The molecule has 3 nitrogen and oxygen atoms in total. The van der Waals surface area contributed by atoms with Crippen molar-refractivity contribution in [2.75, 3.05) is 6.61 Å². The highest BCUT2D eigenvalue weighted by Crippen LogP contribution is 2.47. The van der Waals surface area contributed by atoms with E-state index in [1.54, 1.807) is 0 Å². The summed E-state index contributed by atoms with van der Waals surface area (Å²) in [6.45, 7) is 2.95. The van der Waals surface area contributed by atoms with E-state index in [4.69, 9.17) is 4.74 Å². The van der Waals surface area contributed by atoms with Crippen LogP contribution in [0, 0.1) is 11.8 Å². The lowest BCUT2D eigenvalue weighted by atomic mass is 9.95. The molecule has 1 heterocycles. The number of fused-ring (bicyclic) bond motifs is 1. The van der Waals surface area contributed by atoms with E-state index in [9.17, 15) is 4.79 Å². The van der Waals surface area contributed by atoms with Crippen molar-refractivity contribution in [3.8, 4) is 0 Å². The summed E-state index contributed by atoms with van der Waals surface area (Å²) in [7, 11) is 0. The van der Waals surface area contributed by atoms with Crippen LogP contribution in [0.3, 0.4) is 0 Å². The number of carbonyl (C=O) groups is 1. The molecule has 4 rings (SSSR count). The van der Waals surface area contributed by atoms with Crippen LogP contribution in [0.25, 0.3) is 0 Å². The van der Waals surface area contributed by atoms with Crippen molar-refractivity contribution in [1.82, 2.24) is 5.32 Å². The Kier molecular flexibility index (Phi) is 4.58. The van der Waals surface area contributed by atoms with Gasteiger partial charge in [0, 0.05) is 0 Å². The van der Waals surface area contributed by atoms with Gasteiger partial charge in [0.1, 0.15) is 0 Å². The Morgan fingerprint density at radius 2 is 1.88 bits per heavy atom. The van der Waals surface area contributed by atoms with Gasteiger partial charge in [-0.25, -0.2) is 0 Å². The summed E-state index contributed by atoms with van der Waals surface area (Å²) in [5.74, 6) is 1.30. The average molecular weight is 335 g/mol. The van der Waals surface area contributed by atoms with Crippen LogP contribution in [0.4, 0.5) is 0 Å². The molecule has 4 unspecified atom stereocenters. The van der Waals surface area contributed by atoms with Gasteiger partial charge in [0.15, 0.2) is 0 Å². The lowest BCUT2D eigenvalue weighted by Crippen LogP contribution is -2.32. The Labute approximate surface area is 149 Å². The Balaban J connectivity index is 1.46. The van der Waals surface area contributed by atoms with Crippen molar-refractivity contribution in [2.24, 2.45) is 11.8 Å². The summed E-state index contributed by atoms with van der Waals surface area (Å²) in [4.78, 5) is 12.8. The Morgan fingerprint density at radius 1 is 1.16 bits per heavy atom. The third kappa shape index (κ3) is 3.62. The molecule has 1 N–H and O–H groups in total. The second kappa shape index (κ2) is 7.01. The maximum absolute atomic E-state index is 12.8. The fourth-order valence-electron chi connectivity index (χ4n) is 3.96. The van der Waals surface area contributed by atoms with Crippen molar-refractivity contribution in [3.05, 3.63) is 71.3 Å². The minimum Gasteiger partial charge on any atom is -0.373 e. The third-order valence-electron chi connectivity index (χ3n) is 5.54. The number of carbonyl (C=O) groups excluding carboxylic acids is 1. The first kappa shape index (κ1) is 16.3. The summed E-state index contributed by atoms with van der Waals surface area (Å²) in [6, 6.07) is 18.8. The largest absolute Gasteiger partial charge is 0.373 e. The van der Waals surface area contributed by atoms with Crippen LogP contribution >= 0.6 is 0 Å². The number of hydrogen-bond acceptors (Lipinski definition) is 2. The predicted octanol–water partition coefficient (Wildman–Crippen LogP) is 4.20. The number of ether oxygens (including phenoxy) is 1. The Bertz CT molecular complexity index is 743. The zero-order valence-corrected chi connectivity index (χ0v) is 14.7. The molecule has 130 valence electrons. The van der Waals surface area contributed by atoms with E-state index < -0.39 is 0 Å². The van der Waals surface area contributed by atoms with E-state index in [1.165, 1.54) is 23.1 Å². The molecule has 25 heavy (non-hydrogen) atoms. The van der Waals surface area contributed by atoms with Crippen LogP contribution in [0.2, 0.25) is 0 Å². The molecule has 0 saturated heterocycles. The molecule has 2 aromatic rings. The SMILES string of the molecule is CC1CC1C(NC(=O)CC1OCCc2ccccc21)c1ccccc1. The van der Waals surface area contributed by atoms with E-state index in [0.717, 1.165) is 6.42 Å². The van der Waals surface area contributed by atoms with Crippen LogP contribution in [0.15, 0.2) is 54.6 Å². The molecule has 0 bridgehead atoms. The van der Waals surface area contributed by atoms with Crippen LogP contribution < -0.4 is 5.32 Å². The maximum Gasteiger partial charge on any atom is 0.223 e. The maximum atomic E-state index is 12.8. The highest BCUT2D eigenvalue weighted by atomic mass is 16.5. The van der Waals surface area contributed by atoms with E-state index in [0.29, 0.717) is 24.9 Å². The molecule has 3 heteroatoms. The van der Waals surface area contributed by atoms with Gasteiger partial charge in [-0.1, -0.05) is 61.5 Å². The van der Waals surface area contributed by atoms with Crippen molar-refractivity contribution < 1.29 is 9.53 Å². The van der Waals surface area contributed by atoms with Crippen LogP contribution in [-0.2, 0) is 16.0 Å². The van der Waals surface area contributed by atoms with E-state index in [1.807, 2.05) is 24.3 Å². The van der Waals surface area contributed by atoms with Crippen molar-refractivity contribution >= 4 is 5.91 Å². The summed E-state index contributed by atoms with van der Waals surface area (Å²) in [5, 5.41) is 3.28. The molecule has 4 atom stereocenters. The van der Waals surface area contributed by atoms with Gasteiger partial charge in [-0.3, -0.25) is 4.79 Å². The van der Waals surface area contributed by atoms with Gasteiger partial charge >= 0.3 is 0 Å². The van der Waals surface area contributed by atoms with Crippen molar-refractivity contribution in [3.63, 3.8) is 0 Å². The number of nitrogens with one attached hydrogen (secondary N) is 1. The highest BCUT2D eigenvalue weighted by molar-refractivity contribution is 5.77. The molecule has 1 fully saturated rings. The topological polar surface area (TPSA) is 38.3 Å². The minimum atomic E-state index is -0.127. The molecule has 0 radical (unpaired) electrons. The molecular formula is C22H25NO2. The summed E-state index contributed by atoms with van der Waals surface area (Å²) in [6.07, 6.45) is 2.38. The molecule has 0 spiro atoms. The Morgan fingerprint density at radius 3 is 2.64 bits per heavy atom. The molecule has 2 aromatic carbocycles. The van der Waals surface area contributed by atoms with Gasteiger partial charge in [-0.2, -0.15) is 0 Å². The van der Waals surface area contributed by atoms with Gasteiger partial charge in [-0.05, 0) is 41.4 Å². The monoisotopic (exact) mass is 335 g/mol. The quantitative estimate of drug-likeness (QED) is 0.889. The second-order valence-electron chi connectivity index (χ2n) is 7.35. The summed E-state index contributed by atoms with van der Waals surface area (Å²) in [5.41, 5.74) is 3.68. The van der Waals surface area contributed by atoms with Crippen molar-refractivity contribution in [2.45, 2.75) is 38.3 Å². The highest BCUT2D eigenvalue weighted by Gasteiger charge is 2.41. The second-order valence-corrected chi connectivity index (χ2v) is 7.35. The molecular weight excluding hydrogens is 310 g/mol. The number of benzene rings is 2. The minimum absolute atomic E-state index is 0.0784. The number of amides is 1. The standard InChI is InChI=1S/C22H25NO2/c1-15-13-19(15)22(17-8-3-2-4-9-17)23-21(24)14-20-18-10-6-5-7-16(18)11-12-25-20/h2-10,15,19-20,22H,11-14H2,1H3,(H,23,24).